The molecule has 1 heterocycles. The fraction of sp³-hybridized carbons (Fsp3) is 0.600. The van der Waals surface area contributed by atoms with Crippen molar-refractivity contribution in [2.45, 2.75) is 31.8 Å². The average molecular weight is 269 g/mol. The summed E-state index contributed by atoms with van der Waals surface area (Å²) in [7, 11) is 0. The lowest BCUT2D eigenvalue weighted by atomic mass is 9.76. The summed E-state index contributed by atoms with van der Waals surface area (Å²) in [6.45, 7) is 0.795. The van der Waals surface area contributed by atoms with Crippen LogP contribution in [0.25, 0.3) is 0 Å². The maximum absolute atomic E-state index is 13.3. The minimum atomic E-state index is -0.167. The molecule has 0 N–H and O–H groups in total. The van der Waals surface area contributed by atoms with Crippen LogP contribution in [0.4, 0.5) is 4.39 Å². The van der Waals surface area contributed by atoms with E-state index in [0.717, 1.165) is 25.0 Å². The van der Waals surface area contributed by atoms with Crippen molar-refractivity contribution in [1.82, 2.24) is 0 Å². The second kappa shape index (κ2) is 4.82. The molecule has 0 bridgehead atoms. The van der Waals surface area contributed by atoms with Gasteiger partial charge in [-0.05, 0) is 49.3 Å². The first-order valence-electron chi connectivity index (χ1n) is 6.65. The minimum absolute atomic E-state index is 0.0104. The summed E-state index contributed by atoms with van der Waals surface area (Å²) in [5.74, 6) is 1.11. The van der Waals surface area contributed by atoms with Crippen LogP contribution in [-0.2, 0) is 11.2 Å². The Morgan fingerprint density at radius 1 is 1.39 bits per heavy atom. The van der Waals surface area contributed by atoms with Gasteiger partial charge in [-0.2, -0.15) is 0 Å². The molecule has 18 heavy (non-hydrogen) atoms. The molecule has 2 aliphatic rings. The maximum atomic E-state index is 13.3. The van der Waals surface area contributed by atoms with Crippen LogP contribution in [0.3, 0.4) is 0 Å². The average Bonchev–Trinajstić information content (AvgIpc) is 3.12. The molecule has 2 unspecified atom stereocenters. The largest absolute Gasteiger partial charge is 0.377 e. The Labute approximate surface area is 112 Å². The van der Waals surface area contributed by atoms with Crippen molar-refractivity contribution in [3.8, 4) is 0 Å². The molecule has 3 rings (SSSR count). The fourth-order valence-corrected chi connectivity index (χ4v) is 3.56. The van der Waals surface area contributed by atoms with E-state index in [9.17, 15) is 4.39 Å². The molecule has 1 aromatic rings. The van der Waals surface area contributed by atoms with Crippen LogP contribution in [0.5, 0.6) is 0 Å². The third-order valence-corrected chi connectivity index (χ3v) is 4.79. The predicted octanol–water partition coefficient (Wildman–Crippen LogP) is 3.79. The molecule has 1 aromatic carbocycles. The van der Waals surface area contributed by atoms with E-state index >= 15 is 0 Å². The number of ether oxygens (including phenoxy) is 1. The van der Waals surface area contributed by atoms with Gasteiger partial charge in [-0.15, -0.1) is 11.6 Å². The molecular formula is C15H18ClFO. The first-order chi connectivity index (χ1) is 8.73. The fourth-order valence-electron chi connectivity index (χ4n) is 3.18. The van der Waals surface area contributed by atoms with Crippen LogP contribution in [0.2, 0.25) is 0 Å². The first kappa shape index (κ1) is 12.4. The molecule has 0 aromatic heterocycles. The van der Waals surface area contributed by atoms with Crippen LogP contribution < -0.4 is 0 Å². The van der Waals surface area contributed by atoms with Gasteiger partial charge in [0.15, 0.2) is 0 Å². The van der Waals surface area contributed by atoms with Gasteiger partial charge in [0.1, 0.15) is 5.82 Å². The third kappa shape index (κ3) is 2.28. The van der Waals surface area contributed by atoms with Crippen LogP contribution in [0.1, 0.15) is 24.8 Å². The lowest BCUT2D eigenvalue weighted by molar-refractivity contribution is 0.0403. The third-order valence-electron chi connectivity index (χ3n) is 4.26. The number of benzene rings is 1. The zero-order chi connectivity index (χ0) is 12.6. The summed E-state index contributed by atoms with van der Waals surface area (Å²) >= 11 is 6.25. The molecule has 1 aliphatic heterocycles. The van der Waals surface area contributed by atoms with E-state index in [4.69, 9.17) is 16.3 Å². The molecule has 98 valence electrons. The monoisotopic (exact) mass is 268 g/mol. The number of halogens is 2. The Balaban J connectivity index is 1.82. The molecule has 0 amide bonds. The molecule has 1 nitrogen and oxygen atoms in total. The summed E-state index contributed by atoms with van der Waals surface area (Å²) in [4.78, 5) is 0. The Morgan fingerprint density at radius 2 is 2.22 bits per heavy atom. The summed E-state index contributed by atoms with van der Waals surface area (Å²) in [6, 6.07) is 6.87. The Bertz CT molecular complexity index is 432. The normalized spacial score (nSPS) is 31.8. The van der Waals surface area contributed by atoms with E-state index in [1.165, 1.54) is 18.9 Å². The zero-order valence-corrected chi connectivity index (χ0v) is 11.1. The predicted molar refractivity (Wildman–Crippen MR) is 70.3 cm³/mol. The Hall–Kier alpha value is -0.600. The highest BCUT2D eigenvalue weighted by Gasteiger charge is 2.50. The van der Waals surface area contributed by atoms with Gasteiger partial charge in [-0.1, -0.05) is 12.1 Å². The van der Waals surface area contributed by atoms with Crippen LogP contribution >= 0.6 is 11.6 Å². The highest BCUT2D eigenvalue weighted by molar-refractivity contribution is 6.18. The summed E-state index contributed by atoms with van der Waals surface area (Å²) < 4.78 is 19.2. The first-order valence-corrected chi connectivity index (χ1v) is 7.19. The number of hydrogen-bond acceptors (Lipinski definition) is 1. The van der Waals surface area contributed by atoms with Gasteiger partial charge in [0.25, 0.3) is 0 Å². The van der Waals surface area contributed by atoms with Crippen molar-refractivity contribution in [2.75, 3.05) is 12.5 Å². The standard InChI is InChI=1S/C15H18ClFO/c16-10-15(6-7-18-14(15)12-4-5-12)9-11-2-1-3-13(17)8-11/h1-3,8,12,14H,4-7,9-10H2. The second-order valence-corrected chi connectivity index (χ2v) is 5.95. The van der Waals surface area contributed by atoms with E-state index in [-0.39, 0.29) is 17.3 Å². The number of hydrogen-bond donors (Lipinski definition) is 0. The molecule has 0 spiro atoms. The van der Waals surface area contributed by atoms with Gasteiger partial charge in [-0.3, -0.25) is 0 Å². The maximum Gasteiger partial charge on any atom is 0.123 e. The van der Waals surface area contributed by atoms with Gasteiger partial charge in [0.2, 0.25) is 0 Å². The molecule has 1 saturated carbocycles. The molecule has 1 saturated heterocycles. The molecule has 1 aliphatic carbocycles. The zero-order valence-electron chi connectivity index (χ0n) is 10.4. The topological polar surface area (TPSA) is 9.23 Å². The number of alkyl halides is 1. The van der Waals surface area contributed by atoms with Gasteiger partial charge >= 0.3 is 0 Å². The highest BCUT2D eigenvalue weighted by atomic mass is 35.5. The van der Waals surface area contributed by atoms with Crippen LogP contribution in [-0.4, -0.2) is 18.6 Å². The van der Waals surface area contributed by atoms with Crippen molar-refractivity contribution >= 4 is 11.6 Å². The van der Waals surface area contributed by atoms with Crippen molar-refractivity contribution in [3.05, 3.63) is 35.6 Å². The van der Waals surface area contributed by atoms with E-state index in [1.54, 1.807) is 12.1 Å². The highest BCUT2D eigenvalue weighted by Crippen LogP contribution is 2.50. The summed E-state index contributed by atoms with van der Waals surface area (Å²) in [5, 5.41) is 0. The lowest BCUT2D eigenvalue weighted by Crippen LogP contribution is -2.36. The van der Waals surface area contributed by atoms with Gasteiger partial charge < -0.3 is 4.74 Å². The number of rotatable bonds is 4. The van der Waals surface area contributed by atoms with Gasteiger partial charge in [-0.25, -0.2) is 4.39 Å². The summed E-state index contributed by atoms with van der Waals surface area (Å²) in [5.41, 5.74) is 1.04. The van der Waals surface area contributed by atoms with E-state index in [2.05, 4.69) is 0 Å². The molecule has 2 fully saturated rings. The quantitative estimate of drug-likeness (QED) is 0.755. The van der Waals surface area contributed by atoms with E-state index < -0.39 is 0 Å². The smallest absolute Gasteiger partial charge is 0.123 e. The van der Waals surface area contributed by atoms with Gasteiger partial charge in [0.05, 0.1) is 6.10 Å². The van der Waals surface area contributed by atoms with Crippen molar-refractivity contribution in [2.24, 2.45) is 11.3 Å². The van der Waals surface area contributed by atoms with Crippen molar-refractivity contribution < 1.29 is 9.13 Å². The van der Waals surface area contributed by atoms with Crippen LogP contribution in [0, 0.1) is 17.2 Å². The molecule has 0 radical (unpaired) electrons. The molecule has 3 heteroatoms. The molecule has 2 atom stereocenters. The lowest BCUT2D eigenvalue weighted by Gasteiger charge is -2.32. The van der Waals surface area contributed by atoms with Gasteiger partial charge in [0, 0.05) is 17.9 Å². The van der Waals surface area contributed by atoms with E-state index in [0.29, 0.717) is 11.8 Å². The molecular weight excluding hydrogens is 251 g/mol. The van der Waals surface area contributed by atoms with Crippen molar-refractivity contribution in [1.29, 1.82) is 0 Å². The van der Waals surface area contributed by atoms with Crippen LogP contribution in [0.15, 0.2) is 24.3 Å². The van der Waals surface area contributed by atoms with Crippen molar-refractivity contribution in [3.63, 3.8) is 0 Å². The summed E-state index contributed by atoms with van der Waals surface area (Å²) in [6.07, 6.45) is 4.61. The minimum Gasteiger partial charge on any atom is -0.377 e. The van der Waals surface area contributed by atoms with E-state index in [1.807, 2.05) is 6.07 Å². The SMILES string of the molecule is Fc1cccc(CC2(CCl)CCOC2C2CC2)c1. The Kier molecular flexibility index (Phi) is 3.33. The Morgan fingerprint density at radius 3 is 2.89 bits per heavy atom. The second-order valence-electron chi connectivity index (χ2n) is 5.68.